The maximum absolute atomic E-state index is 9.00. The Labute approximate surface area is 62.2 Å². The second-order valence-corrected chi connectivity index (χ2v) is 3.36. The standard InChI is InChI=1S/C8H16O2/c1-7-4-3-5-10-8(7,2)6-9/h7,9H,3-6H2,1-2H3. The number of aliphatic hydroxyl groups is 1. The predicted octanol–water partition coefficient (Wildman–Crippen LogP) is 1.18. The fourth-order valence-electron chi connectivity index (χ4n) is 1.34. The molecule has 0 aromatic carbocycles. The summed E-state index contributed by atoms with van der Waals surface area (Å²) in [6, 6.07) is 0. The quantitative estimate of drug-likeness (QED) is 0.599. The van der Waals surface area contributed by atoms with Gasteiger partial charge in [0.15, 0.2) is 0 Å². The molecule has 0 bridgehead atoms. The van der Waals surface area contributed by atoms with Crippen LogP contribution in [0.15, 0.2) is 0 Å². The van der Waals surface area contributed by atoms with Crippen molar-refractivity contribution in [3.8, 4) is 0 Å². The SMILES string of the molecule is CC1CCCOC1(C)CO. The van der Waals surface area contributed by atoms with Crippen LogP contribution in [0.2, 0.25) is 0 Å². The minimum Gasteiger partial charge on any atom is -0.393 e. The van der Waals surface area contributed by atoms with Crippen molar-refractivity contribution >= 4 is 0 Å². The Kier molecular flexibility index (Phi) is 2.32. The highest BCUT2D eigenvalue weighted by molar-refractivity contribution is 4.83. The van der Waals surface area contributed by atoms with Crippen molar-refractivity contribution in [1.29, 1.82) is 0 Å². The maximum atomic E-state index is 9.00. The molecular weight excluding hydrogens is 128 g/mol. The molecule has 0 saturated carbocycles. The Morgan fingerprint density at radius 2 is 2.40 bits per heavy atom. The molecule has 0 radical (unpaired) electrons. The van der Waals surface area contributed by atoms with Crippen LogP contribution < -0.4 is 0 Å². The third kappa shape index (κ3) is 1.32. The van der Waals surface area contributed by atoms with E-state index in [-0.39, 0.29) is 12.2 Å². The second kappa shape index (κ2) is 2.89. The maximum Gasteiger partial charge on any atom is 0.0909 e. The highest BCUT2D eigenvalue weighted by Gasteiger charge is 2.33. The summed E-state index contributed by atoms with van der Waals surface area (Å²) in [5.74, 6) is 0.492. The molecule has 1 heterocycles. The lowest BCUT2D eigenvalue weighted by Gasteiger charge is -2.38. The van der Waals surface area contributed by atoms with Gasteiger partial charge in [-0.25, -0.2) is 0 Å². The van der Waals surface area contributed by atoms with Crippen LogP contribution in [0.3, 0.4) is 0 Å². The highest BCUT2D eigenvalue weighted by Crippen LogP contribution is 2.29. The fourth-order valence-corrected chi connectivity index (χ4v) is 1.34. The predicted molar refractivity (Wildman–Crippen MR) is 39.8 cm³/mol. The van der Waals surface area contributed by atoms with Crippen LogP contribution in [0.5, 0.6) is 0 Å². The van der Waals surface area contributed by atoms with Gasteiger partial charge in [-0.3, -0.25) is 0 Å². The van der Waals surface area contributed by atoms with E-state index >= 15 is 0 Å². The molecule has 10 heavy (non-hydrogen) atoms. The minimum atomic E-state index is -0.266. The Balaban J connectivity index is 2.54. The van der Waals surface area contributed by atoms with Gasteiger partial charge in [-0.1, -0.05) is 6.92 Å². The molecule has 1 rings (SSSR count). The summed E-state index contributed by atoms with van der Waals surface area (Å²) in [6.45, 7) is 5.07. The summed E-state index contributed by atoms with van der Waals surface area (Å²) in [6.07, 6.45) is 2.31. The van der Waals surface area contributed by atoms with Gasteiger partial charge in [-0.15, -0.1) is 0 Å². The van der Waals surface area contributed by atoms with E-state index in [9.17, 15) is 0 Å². The summed E-state index contributed by atoms with van der Waals surface area (Å²) < 4.78 is 5.48. The van der Waals surface area contributed by atoms with E-state index in [0.29, 0.717) is 5.92 Å². The zero-order valence-electron chi connectivity index (χ0n) is 6.76. The zero-order valence-corrected chi connectivity index (χ0v) is 6.76. The van der Waals surface area contributed by atoms with Crippen molar-refractivity contribution in [1.82, 2.24) is 0 Å². The summed E-state index contributed by atoms with van der Waals surface area (Å²) in [5, 5.41) is 9.00. The molecule has 0 aliphatic carbocycles. The molecule has 2 heteroatoms. The first-order valence-corrected chi connectivity index (χ1v) is 3.94. The molecule has 1 fully saturated rings. The molecule has 0 amide bonds. The molecule has 2 unspecified atom stereocenters. The van der Waals surface area contributed by atoms with Gasteiger partial charge < -0.3 is 9.84 Å². The van der Waals surface area contributed by atoms with Gasteiger partial charge in [0.1, 0.15) is 0 Å². The molecule has 1 N–H and O–H groups in total. The number of hydrogen-bond acceptors (Lipinski definition) is 2. The van der Waals surface area contributed by atoms with Crippen molar-refractivity contribution in [2.45, 2.75) is 32.3 Å². The molecule has 1 aliphatic rings. The number of ether oxygens (including phenoxy) is 1. The Hall–Kier alpha value is -0.0800. The number of aliphatic hydroxyl groups excluding tert-OH is 1. The summed E-state index contributed by atoms with van der Waals surface area (Å²) >= 11 is 0. The van der Waals surface area contributed by atoms with Crippen LogP contribution in [-0.2, 0) is 4.74 Å². The van der Waals surface area contributed by atoms with Gasteiger partial charge in [0.25, 0.3) is 0 Å². The second-order valence-electron chi connectivity index (χ2n) is 3.36. The van der Waals surface area contributed by atoms with Crippen LogP contribution >= 0.6 is 0 Å². The largest absolute Gasteiger partial charge is 0.393 e. The zero-order chi connectivity index (χ0) is 7.61. The Morgan fingerprint density at radius 1 is 1.70 bits per heavy atom. The summed E-state index contributed by atoms with van der Waals surface area (Å²) in [5.41, 5.74) is -0.266. The monoisotopic (exact) mass is 144 g/mol. The first-order valence-electron chi connectivity index (χ1n) is 3.94. The molecule has 1 aliphatic heterocycles. The molecule has 0 aromatic rings. The van der Waals surface area contributed by atoms with Gasteiger partial charge >= 0.3 is 0 Å². The van der Waals surface area contributed by atoms with Gasteiger partial charge in [0, 0.05) is 6.61 Å². The summed E-state index contributed by atoms with van der Waals surface area (Å²) in [7, 11) is 0. The average molecular weight is 144 g/mol. The smallest absolute Gasteiger partial charge is 0.0909 e. The van der Waals surface area contributed by atoms with E-state index in [1.54, 1.807) is 0 Å². The van der Waals surface area contributed by atoms with Crippen molar-refractivity contribution in [3.63, 3.8) is 0 Å². The Morgan fingerprint density at radius 3 is 2.80 bits per heavy atom. The molecule has 0 aromatic heterocycles. The van der Waals surface area contributed by atoms with Crippen LogP contribution in [0.25, 0.3) is 0 Å². The number of rotatable bonds is 1. The first-order chi connectivity index (χ1) is 4.69. The Bertz CT molecular complexity index is 114. The van der Waals surface area contributed by atoms with E-state index in [2.05, 4.69) is 6.92 Å². The lowest BCUT2D eigenvalue weighted by molar-refractivity contribution is -0.127. The van der Waals surface area contributed by atoms with E-state index < -0.39 is 0 Å². The highest BCUT2D eigenvalue weighted by atomic mass is 16.5. The third-order valence-electron chi connectivity index (χ3n) is 2.57. The normalized spacial score (nSPS) is 41.7. The molecule has 2 nitrogen and oxygen atoms in total. The van der Waals surface area contributed by atoms with Crippen molar-refractivity contribution in [2.24, 2.45) is 5.92 Å². The van der Waals surface area contributed by atoms with Crippen molar-refractivity contribution in [2.75, 3.05) is 13.2 Å². The van der Waals surface area contributed by atoms with E-state index in [1.807, 2.05) is 6.92 Å². The van der Waals surface area contributed by atoms with Gasteiger partial charge in [0.2, 0.25) is 0 Å². The van der Waals surface area contributed by atoms with E-state index in [1.165, 1.54) is 6.42 Å². The molecule has 60 valence electrons. The van der Waals surface area contributed by atoms with Crippen LogP contribution in [0, 0.1) is 5.92 Å². The molecule has 2 atom stereocenters. The van der Waals surface area contributed by atoms with Gasteiger partial charge in [0.05, 0.1) is 12.2 Å². The third-order valence-corrected chi connectivity index (χ3v) is 2.57. The minimum absolute atomic E-state index is 0.147. The van der Waals surface area contributed by atoms with Crippen LogP contribution in [0.1, 0.15) is 26.7 Å². The first kappa shape index (κ1) is 8.02. The molecular formula is C8H16O2. The fraction of sp³-hybridized carbons (Fsp3) is 1.00. The van der Waals surface area contributed by atoms with Crippen molar-refractivity contribution < 1.29 is 9.84 Å². The van der Waals surface area contributed by atoms with Gasteiger partial charge in [-0.2, -0.15) is 0 Å². The van der Waals surface area contributed by atoms with Crippen LogP contribution in [0.4, 0.5) is 0 Å². The van der Waals surface area contributed by atoms with E-state index in [4.69, 9.17) is 9.84 Å². The lowest BCUT2D eigenvalue weighted by atomic mass is 9.85. The van der Waals surface area contributed by atoms with Gasteiger partial charge in [-0.05, 0) is 25.7 Å². The average Bonchev–Trinajstić information content (AvgIpc) is 1.96. The number of hydrogen-bond donors (Lipinski definition) is 1. The van der Waals surface area contributed by atoms with Crippen molar-refractivity contribution in [3.05, 3.63) is 0 Å². The lowest BCUT2D eigenvalue weighted by Crippen LogP contribution is -2.43. The topological polar surface area (TPSA) is 29.5 Å². The summed E-state index contributed by atoms with van der Waals surface area (Å²) in [4.78, 5) is 0. The molecule has 0 spiro atoms. The van der Waals surface area contributed by atoms with Crippen LogP contribution in [-0.4, -0.2) is 23.9 Å². The molecule has 1 saturated heterocycles. The van der Waals surface area contributed by atoms with E-state index in [0.717, 1.165) is 13.0 Å².